The summed E-state index contributed by atoms with van der Waals surface area (Å²) in [6.07, 6.45) is -0.0864. The zero-order valence-corrected chi connectivity index (χ0v) is 7.44. The van der Waals surface area contributed by atoms with E-state index in [1.807, 2.05) is 4.90 Å². The standard InChI is InChI=1S/C9H14N2O2/c12-7-1-2-11(9(7)13)8-5-3-10-4-6(5)8/h5-8,10,12H,1-4H2/t5-,6-,7+/m0/s1. The number of hydrogen-bond acceptors (Lipinski definition) is 3. The Morgan fingerprint density at radius 2 is 2.08 bits per heavy atom. The van der Waals surface area contributed by atoms with E-state index in [2.05, 4.69) is 5.32 Å². The maximum absolute atomic E-state index is 11.5. The van der Waals surface area contributed by atoms with Crippen LogP contribution in [-0.2, 0) is 4.79 Å². The van der Waals surface area contributed by atoms with Crippen LogP contribution in [0.5, 0.6) is 0 Å². The van der Waals surface area contributed by atoms with Crippen LogP contribution in [0.1, 0.15) is 6.42 Å². The van der Waals surface area contributed by atoms with Crippen molar-refractivity contribution in [2.45, 2.75) is 18.6 Å². The summed E-state index contributed by atoms with van der Waals surface area (Å²) in [4.78, 5) is 13.4. The Hall–Kier alpha value is -0.610. The van der Waals surface area contributed by atoms with Gasteiger partial charge in [0.25, 0.3) is 5.91 Å². The van der Waals surface area contributed by atoms with Crippen LogP contribution < -0.4 is 5.32 Å². The average Bonchev–Trinajstić information content (AvgIpc) is 2.49. The van der Waals surface area contributed by atoms with E-state index in [1.165, 1.54) is 0 Å². The highest BCUT2D eigenvalue weighted by Crippen LogP contribution is 2.46. The second-order valence-electron chi connectivity index (χ2n) is 4.31. The Balaban J connectivity index is 1.71. The summed E-state index contributed by atoms with van der Waals surface area (Å²) in [6, 6.07) is 0.450. The topological polar surface area (TPSA) is 52.6 Å². The third kappa shape index (κ3) is 0.957. The van der Waals surface area contributed by atoms with Gasteiger partial charge in [-0.3, -0.25) is 4.79 Å². The molecule has 0 aromatic rings. The highest BCUT2D eigenvalue weighted by molar-refractivity contribution is 5.83. The van der Waals surface area contributed by atoms with Crippen LogP contribution in [0.3, 0.4) is 0 Å². The monoisotopic (exact) mass is 182 g/mol. The summed E-state index contributed by atoms with van der Waals surface area (Å²) in [6.45, 7) is 2.86. The van der Waals surface area contributed by atoms with Gasteiger partial charge in [-0.05, 0) is 18.3 Å². The van der Waals surface area contributed by atoms with Gasteiger partial charge in [-0.25, -0.2) is 0 Å². The maximum atomic E-state index is 11.5. The molecule has 4 nitrogen and oxygen atoms in total. The summed E-state index contributed by atoms with van der Waals surface area (Å²) in [5, 5.41) is 12.6. The first-order chi connectivity index (χ1) is 6.29. The minimum atomic E-state index is -0.714. The number of likely N-dealkylation sites (tertiary alicyclic amines) is 1. The lowest BCUT2D eigenvalue weighted by molar-refractivity contribution is -0.135. The van der Waals surface area contributed by atoms with Gasteiger partial charge in [0.2, 0.25) is 0 Å². The molecule has 3 aliphatic rings. The van der Waals surface area contributed by atoms with Crippen molar-refractivity contribution in [2.75, 3.05) is 19.6 Å². The van der Waals surface area contributed by atoms with Crippen molar-refractivity contribution in [3.8, 4) is 0 Å². The zero-order chi connectivity index (χ0) is 9.00. The largest absolute Gasteiger partial charge is 0.383 e. The molecular weight excluding hydrogens is 168 g/mol. The van der Waals surface area contributed by atoms with E-state index in [-0.39, 0.29) is 5.91 Å². The van der Waals surface area contributed by atoms with E-state index >= 15 is 0 Å². The van der Waals surface area contributed by atoms with E-state index in [1.54, 1.807) is 0 Å². The fraction of sp³-hybridized carbons (Fsp3) is 0.889. The van der Waals surface area contributed by atoms with Gasteiger partial charge >= 0.3 is 0 Å². The predicted octanol–water partition coefficient (Wildman–Crippen LogP) is -1.20. The molecule has 2 saturated heterocycles. The molecule has 0 aromatic carbocycles. The van der Waals surface area contributed by atoms with Crippen LogP contribution in [0.15, 0.2) is 0 Å². The first-order valence-corrected chi connectivity index (χ1v) is 4.98. The normalized spacial score (nSPS) is 48.4. The molecule has 2 heterocycles. The number of hydrogen-bond donors (Lipinski definition) is 2. The fourth-order valence-electron chi connectivity index (χ4n) is 2.83. The first-order valence-electron chi connectivity index (χ1n) is 4.98. The molecule has 0 radical (unpaired) electrons. The van der Waals surface area contributed by atoms with Gasteiger partial charge in [0.05, 0.1) is 0 Å². The lowest BCUT2D eigenvalue weighted by Crippen LogP contribution is -2.36. The number of amides is 1. The molecule has 3 atom stereocenters. The lowest BCUT2D eigenvalue weighted by atomic mass is 10.3. The molecule has 0 bridgehead atoms. The quantitative estimate of drug-likeness (QED) is 0.535. The van der Waals surface area contributed by atoms with E-state index in [0.717, 1.165) is 19.6 Å². The number of nitrogens with zero attached hydrogens (tertiary/aromatic N) is 1. The van der Waals surface area contributed by atoms with Gasteiger partial charge in [0.1, 0.15) is 6.10 Å². The number of carbonyl (C=O) groups is 1. The molecule has 0 spiro atoms. The lowest BCUT2D eigenvalue weighted by Gasteiger charge is -2.18. The number of aliphatic hydroxyl groups is 1. The Morgan fingerprint density at radius 3 is 2.62 bits per heavy atom. The van der Waals surface area contributed by atoms with Gasteiger partial charge < -0.3 is 15.3 Å². The Bertz CT molecular complexity index is 246. The maximum Gasteiger partial charge on any atom is 0.251 e. The molecule has 1 saturated carbocycles. The number of carbonyl (C=O) groups excluding carboxylic acids is 1. The zero-order valence-electron chi connectivity index (χ0n) is 7.44. The number of aliphatic hydroxyl groups excluding tert-OH is 1. The van der Waals surface area contributed by atoms with Crippen molar-refractivity contribution < 1.29 is 9.90 Å². The summed E-state index contributed by atoms with van der Waals surface area (Å²) in [7, 11) is 0. The molecule has 13 heavy (non-hydrogen) atoms. The minimum absolute atomic E-state index is 0.0422. The molecule has 3 rings (SSSR count). The molecule has 3 fully saturated rings. The number of nitrogens with one attached hydrogen (secondary N) is 1. The smallest absolute Gasteiger partial charge is 0.251 e. The molecule has 4 heteroatoms. The fourth-order valence-corrected chi connectivity index (χ4v) is 2.83. The molecule has 2 aliphatic heterocycles. The minimum Gasteiger partial charge on any atom is -0.383 e. The van der Waals surface area contributed by atoms with Gasteiger partial charge in [-0.1, -0.05) is 0 Å². The summed E-state index contributed by atoms with van der Waals surface area (Å²) in [5.74, 6) is 1.31. The summed E-state index contributed by atoms with van der Waals surface area (Å²) in [5.41, 5.74) is 0. The van der Waals surface area contributed by atoms with Crippen LogP contribution in [-0.4, -0.2) is 47.7 Å². The summed E-state index contributed by atoms with van der Waals surface area (Å²) < 4.78 is 0. The molecule has 1 amide bonds. The second kappa shape index (κ2) is 2.45. The third-order valence-corrected chi connectivity index (χ3v) is 3.62. The highest BCUT2D eigenvalue weighted by Gasteiger charge is 2.58. The van der Waals surface area contributed by atoms with E-state index in [0.29, 0.717) is 24.3 Å². The van der Waals surface area contributed by atoms with Gasteiger partial charge in [0.15, 0.2) is 0 Å². The Kier molecular flexibility index (Phi) is 1.46. The van der Waals surface area contributed by atoms with Crippen LogP contribution in [0.4, 0.5) is 0 Å². The van der Waals surface area contributed by atoms with Crippen LogP contribution in [0.25, 0.3) is 0 Å². The van der Waals surface area contributed by atoms with Crippen LogP contribution in [0.2, 0.25) is 0 Å². The van der Waals surface area contributed by atoms with Crippen LogP contribution >= 0.6 is 0 Å². The average molecular weight is 182 g/mol. The Morgan fingerprint density at radius 1 is 1.38 bits per heavy atom. The molecule has 1 aliphatic carbocycles. The Labute approximate surface area is 76.9 Å². The number of rotatable bonds is 1. The van der Waals surface area contributed by atoms with Crippen molar-refractivity contribution in [1.29, 1.82) is 0 Å². The SMILES string of the molecule is O=C1[C@H](O)CCN1C1[C@H]2CNC[C@H]12. The third-order valence-electron chi connectivity index (χ3n) is 3.62. The van der Waals surface area contributed by atoms with E-state index in [9.17, 15) is 9.90 Å². The first kappa shape index (κ1) is 7.76. The van der Waals surface area contributed by atoms with Crippen molar-refractivity contribution in [3.05, 3.63) is 0 Å². The van der Waals surface area contributed by atoms with Gasteiger partial charge in [-0.15, -0.1) is 0 Å². The molecule has 0 aromatic heterocycles. The molecule has 0 unspecified atom stereocenters. The van der Waals surface area contributed by atoms with Crippen molar-refractivity contribution >= 4 is 5.91 Å². The van der Waals surface area contributed by atoms with Gasteiger partial charge in [-0.2, -0.15) is 0 Å². The second-order valence-corrected chi connectivity index (χ2v) is 4.31. The van der Waals surface area contributed by atoms with Gasteiger partial charge in [0, 0.05) is 25.7 Å². The van der Waals surface area contributed by atoms with Crippen molar-refractivity contribution in [2.24, 2.45) is 11.8 Å². The summed E-state index contributed by atoms with van der Waals surface area (Å²) >= 11 is 0. The van der Waals surface area contributed by atoms with Crippen LogP contribution in [0, 0.1) is 11.8 Å². The number of fused-ring (bicyclic) bond motifs is 1. The van der Waals surface area contributed by atoms with Crippen molar-refractivity contribution in [1.82, 2.24) is 10.2 Å². The van der Waals surface area contributed by atoms with E-state index < -0.39 is 6.10 Å². The van der Waals surface area contributed by atoms with Crippen molar-refractivity contribution in [3.63, 3.8) is 0 Å². The van der Waals surface area contributed by atoms with E-state index in [4.69, 9.17) is 0 Å². The molecular formula is C9H14N2O2. The predicted molar refractivity (Wildman–Crippen MR) is 46.0 cm³/mol. The number of piperidine rings is 1. The molecule has 2 N–H and O–H groups in total. The highest BCUT2D eigenvalue weighted by atomic mass is 16.3. The molecule has 72 valence electrons.